The van der Waals surface area contributed by atoms with Crippen LogP contribution in [0, 0.1) is 0 Å². The molecule has 0 atom stereocenters. The molecular weight excluding hydrogens is 259 g/mol. The predicted octanol–water partition coefficient (Wildman–Crippen LogP) is 2.88. The van der Waals surface area contributed by atoms with Gasteiger partial charge in [-0.1, -0.05) is 6.07 Å². The van der Waals surface area contributed by atoms with Crippen molar-refractivity contribution in [2.24, 2.45) is 0 Å². The molecule has 1 N–H and O–H groups in total. The zero-order valence-electron chi connectivity index (χ0n) is 11.0. The molecule has 0 spiro atoms. The van der Waals surface area contributed by atoms with Crippen LogP contribution in [0.15, 0.2) is 18.2 Å². The fourth-order valence-electron chi connectivity index (χ4n) is 1.63. The van der Waals surface area contributed by atoms with E-state index in [1.807, 2.05) is 19.2 Å². The van der Waals surface area contributed by atoms with Crippen LogP contribution < -0.4 is 10.1 Å². The Hall–Kier alpha value is -1.27. The molecule has 0 bridgehead atoms. The third-order valence-electron chi connectivity index (χ3n) is 2.51. The molecule has 0 saturated heterocycles. The van der Waals surface area contributed by atoms with Gasteiger partial charge in [-0.15, -0.1) is 0 Å². The van der Waals surface area contributed by atoms with Crippen LogP contribution in [0.5, 0.6) is 5.75 Å². The van der Waals surface area contributed by atoms with Gasteiger partial charge in [0, 0.05) is 12.1 Å². The highest BCUT2D eigenvalue weighted by Crippen LogP contribution is 2.22. The third-order valence-corrected chi connectivity index (χ3v) is 2.51. The minimum atomic E-state index is -4.18. The van der Waals surface area contributed by atoms with Crippen LogP contribution in [-0.4, -0.2) is 26.9 Å². The van der Waals surface area contributed by atoms with Crippen LogP contribution in [0.3, 0.4) is 0 Å². The molecule has 0 amide bonds. The molecule has 108 valence electrons. The summed E-state index contributed by atoms with van der Waals surface area (Å²) in [6, 6.07) is 5.55. The van der Waals surface area contributed by atoms with Crippen LogP contribution in [0.4, 0.5) is 13.2 Å². The Kier molecular flexibility index (Phi) is 6.11. The smallest absolute Gasteiger partial charge is 0.391 e. The average Bonchev–Trinajstić information content (AvgIpc) is 2.34. The van der Waals surface area contributed by atoms with Gasteiger partial charge in [0.05, 0.1) is 26.7 Å². The van der Waals surface area contributed by atoms with Crippen molar-refractivity contribution in [3.63, 3.8) is 0 Å². The van der Waals surface area contributed by atoms with Crippen LogP contribution in [0.1, 0.15) is 17.5 Å². The Morgan fingerprint density at radius 1 is 1.26 bits per heavy atom. The Labute approximate surface area is 110 Å². The first kappa shape index (κ1) is 15.8. The van der Waals surface area contributed by atoms with Crippen molar-refractivity contribution in [1.29, 1.82) is 0 Å². The first-order valence-electron chi connectivity index (χ1n) is 5.91. The van der Waals surface area contributed by atoms with Crippen molar-refractivity contribution < 1.29 is 22.6 Å². The number of halogens is 3. The second-order valence-electron chi connectivity index (χ2n) is 4.09. The minimum Gasteiger partial charge on any atom is -0.496 e. The number of hydrogen-bond acceptors (Lipinski definition) is 3. The molecule has 1 rings (SSSR count). The normalized spacial score (nSPS) is 11.6. The molecule has 3 nitrogen and oxygen atoms in total. The van der Waals surface area contributed by atoms with Crippen molar-refractivity contribution in [1.82, 2.24) is 5.32 Å². The lowest BCUT2D eigenvalue weighted by Gasteiger charge is -2.12. The van der Waals surface area contributed by atoms with Crippen molar-refractivity contribution in [2.75, 3.05) is 20.8 Å². The van der Waals surface area contributed by atoms with Crippen LogP contribution in [-0.2, 0) is 17.9 Å². The van der Waals surface area contributed by atoms with E-state index in [1.165, 1.54) is 7.11 Å². The molecule has 0 aliphatic rings. The fourth-order valence-corrected chi connectivity index (χ4v) is 1.63. The molecule has 0 unspecified atom stereocenters. The van der Waals surface area contributed by atoms with Gasteiger partial charge in [0.2, 0.25) is 0 Å². The van der Waals surface area contributed by atoms with Gasteiger partial charge >= 0.3 is 6.18 Å². The molecule has 6 heteroatoms. The maximum atomic E-state index is 12.0. The summed E-state index contributed by atoms with van der Waals surface area (Å²) in [6.45, 7) is 0.444. The van der Waals surface area contributed by atoms with Crippen molar-refractivity contribution in [3.05, 3.63) is 29.3 Å². The zero-order valence-corrected chi connectivity index (χ0v) is 11.0. The second-order valence-corrected chi connectivity index (χ2v) is 4.09. The molecule has 0 fully saturated rings. The Bertz CT molecular complexity index is 394. The van der Waals surface area contributed by atoms with E-state index in [9.17, 15) is 13.2 Å². The largest absolute Gasteiger partial charge is 0.496 e. The van der Waals surface area contributed by atoms with E-state index >= 15 is 0 Å². The van der Waals surface area contributed by atoms with Gasteiger partial charge < -0.3 is 14.8 Å². The van der Waals surface area contributed by atoms with E-state index in [4.69, 9.17) is 9.47 Å². The number of benzene rings is 1. The lowest BCUT2D eigenvalue weighted by atomic mass is 10.1. The summed E-state index contributed by atoms with van der Waals surface area (Å²) in [5.41, 5.74) is 1.77. The lowest BCUT2D eigenvalue weighted by Crippen LogP contribution is -2.12. The van der Waals surface area contributed by atoms with Crippen LogP contribution in [0.25, 0.3) is 0 Å². The highest BCUT2D eigenvalue weighted by Gasteiger charge is 2.26. The summed E-state index contributed by atoms with van der Waals surface area (Å²) in [4.78, 5) is 0. The van der Waals surface area contributed by atoms with E-state index in [1.54, 1.807) is 6.07 Å². The summed E-state index contributed by atoms with van der Waals surface area (Å²) in [7, 11) is 3.34. The molecule has 1 aromatic rings. The number of nitrogens with one attached hydrogen (secondary N) is 1. The molecule has 0 radical (unpaired) electrons. The van der Waals surface area contributed by atoms with Crippen molar-refractivity contribution in [3.8, 4) is 5.75 Å². The quantitative estimate of drug-likeness (QED) is 0.777. The topological polar surface area (TPSA) is 30.5 Å². The van der Waals surface area contributed by atoms with Crippen LogP contribution >= 0.6 is 0 Å². The highest BCUT2D eigenvalue weighted by atomic mass is 19.4. The van der Waals surface area contributed by atoms with E-state index in [-0.39, 0.29) is 13.2 Å². The van der Waals surface area contributed by atoms with Gasteiger partial charge in [-0.3, -0.25) is 0 Å². The van der Waals surface area contributed by atoms with Crippen molar-refractivity contribution >= 4 is 0 Å². The standard InChI is InChI=1S/C13H18F3NO2/c1-17-8-10-3-4-12(18-2)11(7-10)9-19-6-5-13(14,15)16/h3-4,7,17H,5-6,8-9H2,1-2H3. The number of methoxy groups -OCH3 is 1. The molecule has 0 saturated carbocycles. The van der Waals surface area contributed by atoms with E-state index in [2.05, 4.69) is 5.32 Å². The first-order valence-corrected chi connectivity index (χ1v) is 5.91. The summed E-state index contributed by atoms with van der Waals surface area (Å²) in [5.74, 6) is 0.617. The van der Waals surface area contributed by atoms with E-state index < -0.39 is 12.6 Å². The predicted molar refractivity (Wildman–Crippen MR) is 66.1 cm³/mol. The zero-order chi connectivity index (χ0) is 14.3. The van der Waals surface area contributed by atoms with Crippen molar-refractivity contribution in [2.45, 2.75) is 25.7 Å². The summed E-state index contributed by atoms with van der Waals surface area (Å²) >= 11 is 0. The number of hydrogen-bond donors (Lipinski definition) is 1. The van der Waals surface area contributed by atoms with Gasteiger partial charge in [-0.2, -0.15) is 13.2 Å². The Balaban J connectivity index is 2.57. The molecule has 0 aliphatic carbocycles. The maximum Gasteiger partial charge on any atom is 0.391 e. The Morgan fingerprint density at radius 2 is 2.00 bits per heavy atom. The number of rotatable bonds is 7. The molecule has 19 heavy (non-hydrogen) atoms. The average molecular weight is 277 g/mol. The first-order chi connectivity index (χ1) is 8.96. The van der Waals surface area contributed by atoms with Gasteiger partial charge in [0.25, 0.3) is 0 Å². The fraction of sp³-hybridized carbons (Fsp3) is 0.538. The molecule has 0 heterocycles. The molecular formula is C13H18F3NO2. The Morgan fingerprint density at radius 3 is 2.58 bits per heavy atom. The number of ether oxygens (including phenoxy) is 2. The van der Waals surface area contributed by atoms with Gasteiger partial charge in [-0.25, -0.2) is 0 Å². The molecule has 0 aromatic heterocycles. The second kappa shape index (κ2) is 7.35. The minimum absolute atomic E-state index is 0.108. The summed E-state index contributed by atoms with van der Waals surface area (Å²) in [5, 5.41) is 3.01. The molecule has 0 aliphatic heterocycles. The summed E-state index contributed by atoms with van der Waals surface area (Å²) < 4.78 is 46.1. The maximum absolute atomic E-state index is 12.0. The summed E-state index contributed by atoms with van der Waals surface area (Å²) in [6.07, 6.45) is -5.12. The SMILES string of the molecule is CNCc1ccc(OC)c(COCCC(F)(F)F)c1. The van der Waals surface area contributed by atoms with Gasteiger partial charge in [0.1, 0.15) is 5.75 Å². The van der Waals surface area contributed by atoms with E-state index in [0.717, 1.165) is 11.1 Å². The molecule has 1 aromatic carbocycles. The lowest BCUT2D eigenvalue weighted by molar-refractivity contribution is -0.146. The van der Waals surface area contributed by atoms with Gasteiger partial charge in [-0.05, 0) is 24.7 Å². The highest BCUT2D eigenvalue weighted by molar-refractivity contribution is 5.36. The third kappa shape index (κ3) is 5.94. The number of alkyl halides is 3. The van der Waals surface area contributed by atoms with E-state index in [0.29, 0.717) is 12.3 Å². The van der Waals surface area contributed by atoms with Crippen LogP contribution in [0.2, 0.25) is 0 Å². The monoisotopic (exact) mass is 277 g/mol. The van der Waals surface area contributed by atoms with Gasteiger partial charge in [0.15, 0.2) is 0 Å².